The lowest BCUT2D eigenvalue weighted by molar-refractivity contribution is -0.0285. The van der Waals surface area contributed by atoms with E-state index in [1.165, 1.54) is 12.5 Å². The van der Waals surface area contributed by atoms with Gasteiger partial charge in [-0.15, -0.1) is 0 Å². The predicted octanol–water partition coefficient (Wildman–Crippen LogP) is 5.92. The molecule has 4 aliphatic rings. The average molecular weight is 439 g/mol. The monoisotopic (exact) mass is 438 g/mol. The fourth-order valence-corrected chi connectivity index (χ4v) is 6.83. The van der Waals surface area contributed by atoms with E-state index in [-0.39, 0.29) is 17.4 Å². The Hall–Kier alpha value is -2.09. The van der Waals surface area contributed by atoms with Crippen molar-refractivity contribution >= 4 is 5.91 Å². The van der Waals surface area contributed by atoms with E-state index < -0.39 is 11.2 Å². The standard InChI is InChI=1S/C27H35FN2O2/c1-17-9-19-11-18(2)27(15-29,21(10-17)12-19)16-32-25-14-24(28)23(13-22(25)20-5-6-20)26(31)30-7-3-4-8-30/h13-14,17-21H,3-12,16H2,1-2H3. The SMILES string of the molecule is CC1CC2CC(C)C(C#N)(COc3cc(F)c(C(=O)N4CCCC4)cc3C3CC3)C(C1)C2. The first-order valence-corrected chi connectivity index (χ1v) is 12.6. The molecule has 1 saturated heterocycles. The Labute approximate surface area is 191 Å². The molecule has 1 aromatic rings. The number of hydrogen-bond acceptors (Lipinski definition) is 3. The molecule has 4 fully saturated rings. The van der Waals surface area contributed by atoms with Gasteiger partial charge >= 0.3 is 0 Å². The number of nitriles is 1. The Kier molecular flexibility index (Phi) is 5.68. The van der Waals surface area contributed by atoms with Crippen molar-refractivity contribution < 1.29 is 13.9 Å². The van der Waals surface area contributed by atoms with Gasteiger partial charge < -0.3 is 9.64 Å². The molecule has 3 aliphatic carbocycles. The number of carbonyl (C=O) groups excluding carboxylic acids is 1. The maximum absolute atomic E-state index is 15.1. The Morgan fingerprint density at radius 1 is 1.19 bits per heavy atom. The molecule has 0 N–H and O–H groups in total. The van der Waals surface area contributed by atoms with Crippen molar-refractivity contribution in [2.45, 2.75) is 71.1 Å². The molecular formula is C27H35FN2O2. The zero-order valence-corrected chi connectivity index (χ0v) is 19.4. The average Bonchev–Trinajstić information content (AvgIpc) is 3.46. The van der Waals surface area contributed by atoms with Crippen molar-refractivity contribution in [2.75, 3.05) is 19.7 Å². The van der Waals surface area contributed by atoms with Crippen LogP contribution in [0.15, 0.2) is 12.1 Å². The number of carbonyl (C=O) groups is 1. The zero-order valence-electron chi connectivity index (χ0n) is 19.4. The van der Waals surface area contributed by atoms with Crippen LogP contribution in [0.4, 0.5) is 4.39 Å². The zero-order chi connectivity index (χ0) is 22.5. The quantitative estimate of drug-likeness (QED) is 0.573. The molecule has 4 nitrogen and oxygen atoms in total. The summed E-state index contributed by atoms with van der Waals surface area (Å²) in [5.74, 6) is 2.14. The summed E-state index contributed by atoms with van der Waals surface area (Å²) in [5, 5.41) is 10.3. The van der Waals surface area contributed by atoms with E-state index in [1.807, 2.05) is 0 Å². The Bertz CT molecular complexity index is 926. The number of fused-ring (bicyclic) bond motifs is 2. The minimum Gasteiger partial charge on any atom is -0.491 e. The van der Waals surface area contributed by atoms with Gasteiger partial charge in [0.25, 0.3) is 5.91 Å². The second-order valence-electron chi connectivity index (χ2n) is 11.1. The molecule has 1 aliphatic heterocycles. The molecule has 1 heterocycles. The molecule has 1 aromatic carbocycles. The molecule has 5 rings (SSSR count). The third-order valence-electron chi connectivity index (χ3n) is 8.75. The summed E-state index contributed by atoms with van der Waals surface area (Å²) >= 11 is 0. The van der Waals surface area contributed by atoms with Gasteiger partial charge in [0.05, 0.1) is 17.0 Å². The molecule has 32 heavy (non-hydrogen) atoms. The maximum Gasteiger partial charge on any atom is 0.256 e. The molecule has 1 amide bonds. The summed E-state index contributed by atoms with van der Waals surface area (Å²) in [6.45, 7) is 6.22. The Balaban J connectivity index is 1.40. The van der Waals surface area contributed by atoms with Crippen LogP contribution in [0, 0.1) is 46.2 Å². The molecule has 3 saturated carbocycles. The van der Waals surface area contributed by atoms with Gasteiger partial charge in [-0.1, -0.05) is 13.8 Å². The summed E-state index contributed by atoms with van der Waals surface area (Å²) in [6, 6.07) is 5.84. The Morgan fingerprint density at radius 2 is 1.94 bits per heavy atom. The highest BCUT2D eigenvalue weighted by Crippen LogP contribution is 2.55. The van der Waals surface area contributed by atoms with Gasteiger partial charge in [0, 0.05) is 19.2 Å². The van der Waals surface area contributed by atoms with Gasteiger partial charge in [-0.05, 0) is 92.6 Å². The molecule has 2 bridgehead atoms. The first kappa shape index (κ1) is 21.7. The van der Waals surface area contributed by atoms with Crippen molar-refractivity contribution in [2.24, 2.45) is 29.1 Å². The smallest absolute Gasteiger partial charge is 0.256 e. The predicted molar refractivity (Wildman–Crippen MR) is 121 cm³/mol. The molecule has 5 heteroatoms. The van der Waals surface area contributed by atoms with E-state index in [2.05, 4.69) is 19.9 Å². The second-order valence-corrected chi connectivity index (χ2v) is 11.1. The van der Waals surface area contributed by atoms with Crippen molar-refractivity contribution in [3.8, 4) is 11.8 Å². The number of likely N-dealkylation sites (tertiary alicyclic amines) is 1. The lowest BCUT2D eigenvalue weighted by atomic mass is 9.53. The third kappa shape index (κ3) is 3.80. The topological polar surface area (TPSA) is 53.3 Å². The van der Waals surface area contributed by atoms with Gasteiger partial charge in [0.2, 0.25) is 0 Å². The van der Waals surface area contributed by atoms with Crippen LogP contribution in [0.5, 0.6) is 5.75 Å². The van der Waals surface area contributed by atoms with E-state index in [1.54, 1.807) is 11.0 Å². The van der Waals surface area contributed by atoms with Crippen molar-refractivity contribution in [1.29, 1.82) is 5.26 Å². The number of benzene rings is 1. The van der Waals surface area contributed by atoms with Crippen LogP contribution in [-0.2, 0) is 0 Å². The molecular weight excluding hydrogens is 403 g/mol. The van der Waals surface area contributed by atoms with E-state index >= 15 is 4.39 Å². The summed E-state index contributed by atoms with van der Waals surface area (Å²) in [7, 11) is 0. The van der Waals surface area contributed by atoms with Crippen LogP contribution in [0.25, 0.3) is 0 Å². The van der Waals surface area contributed by atoms with E-state index in [0.29, 0.717) is 43.2 Å². The van der Waals surface area contributed by atoms with E-state index in [9.17, 15) is 10.1 Å². The number of rotatable bonds is 5. The van der Waals surface area contributed by atoms with E-state index in [0.717, 1.165) is 56.4 Å². The number of ether oxygens (including phenoxy) is 1. The lowest BCUT2D eigenvalue weighted by Crippen LogP contribution is -2.49. The lowest BCUT2D eigenvalue weighted by Gasteiger charge is -2.50. The first-order valence-electron chi connectivity index (χ1n) is 12.6. The minimum atomic E-state index is -0.521. The first-order chi connectivity index (χ1) is 15.4. The number of hydrogen-bond donors (Lipinski definition) is 0. The van der Waals surface area contributed by atoms with E-state index in [4.69, 9.17) is 4.74 Å². The van der Waals surface area contributed by atoms with Crippen molar-refractivity contribution in [3.05, 3.63) is 29.1 Å². The highest BCUT2D eigenvalue weighted by Gasteiger charge is 2.52. The summed E-state index contributed by atoms with van der Waals surface area (Å²) in [6.07, 6.45) is 8.58. The second kappa shape index (κ2) is 8.36. The summed E-state index contributed by atoms with van der Waals surface area (Å²) in [5.41, 5.74) is 0.596. The Morgan fingerprint density at radius 3 is 2.62 bits per heavy atom. The molecule has 0 aromatic heterocycles. The van der Waals surface area contributed by atoms with Crippen molar-refractivity contribution in [3.63, 3.8) is 0 Å². The molecule has 5 atom stereocenters. The number of nitrogens with zero attached hydrogens (tertiary/aromatic N) is 2. The van der Waals surface area contributed by atoms with Crippen LogP contribution < -0.4 is 4.74 Å². The van der Waals surface area contributed by atoms with Crippen LogP contribution in [0.2, 0.25) is 0 Å². The highest BCUT2D eigenvalue weighted by atomic mass is 19.1. The summed E-state index contributed by atoms with van der Waals surface area (Å²) < 4.78 is 21.4. The highest BCUT2D eigenvalue weighted by molar-refractivity contribution is 5.95. The van der Waals surface area contributed by atoms with Gasteiger partial charge in [-0.2, -0.15) is 5.26 Å². The van der Waals surface area contributed by atoms with Crippen LogP contribution in [0.3, 0.4) is 0 Å². The molecule has 172 valence electrons. The fourth-order valence-electron chi connectivity index (χ4n) is 6.83. The number of amides is 1. The molecule has 5 unspecified atom stereocenters. The largest absolute Gasteiger partial charge is 0.491 e. The van der Waals surface area contributed by atoms with Gasteiger partial charge in [-0.25, -0.2) is 4.39 Å². The van der Waals surface area contributed by atoms with Crippen LogP contribution in [-0.4, -0.2) is 30.5 Å². The summed E-state index contributed by atoms with van der Waals surface area (Å²) in [4.78, 5) is 14.6. The third-order valence-corrected chi connectivity index (χ3v) is 8.75. The van der Waals surface area contributed by atoms with Gasteiger partial charge in [0.1, 0.15) is 18.2 Å². The molecule has 0 radical (unpaired) electrons. The minimum absolute atomic E-state index is 0.172. The van der Waals surface area contributed by atoms with Crippen LogP contribution in [0.1, 0.15) is 87.1 Å². The van der Waals surface area contributed by atoms with Gasteiger partial charge in [-0.3, -0.25) is 4.79 Å². The van der Waals surface area contributed by atoms with Crippen molar-refractivity contribution in [1.82, 2.24) is 4.90 Å². The normalized spacial score (nSPS) is 34.2. The fraction of sp³-hybridized carbons (Fsp3) is 0.704. The van der Waals surface area contributed by atoms with Gasteiger partial charge in [0.15, 0.2) is 0 Å². The van der Waals surface area contributed by atoms with Crippen LogP contribution >= 0.6 is 0 Å². The molecule has 0 spiro atoms. The number of halogens is 1. The maximum atomic E-state index is 15.1.